The molecule has 2 saturated heterocycles. The van der Waals surface area contributed by atoms with Gasteiger partial charge in [0.25, 0.3) is 23.6 Å². The Morgan fingerprint density at radius 1 is 0.922 bits per heavy atom. The normalized spacial score (nSPS) is 27.4. The van der Waals surface area contributed by atoms with Crippen molar-refractivity contribution in [1.29, 1.82) is 0 Å². The highest BCUT2D eigenvalue weighted by atomic mass is 35.5. The molecule has 3 fully saturated rings. The summed E-state index contributed by atoms with van der Waals surface area (Å²) in [4.78, 5) is 60.0. The van der Waals surface area contributed by atoms with Gasteiger partial charge in [0.05, 0.1) is 33.8 Å². The van der Waals surface area contributed by atoms with Crippen molar-refractivity contribution < 1.29 is 42.7 Å². The number of hydrogen-bond donors (Lipinski definition) is 3. The van der Waals surface area contributed by atoms with Crippen molar-refractivity contribution in [1.82, 2.24) is 15.1 Å². The quantitative estimate of drug-likeness (QED) is 0.120. The predicted octanol–water partition coefficient (Wildman–Crippen LogP) is 6.64. The Bertz CT molecular complexity index is 2230. The van der Waals surface area contributed by atoms with Gasteiger partial charge in [0.2, 0.25) is 0 Å². The van der Waals surface area contributed by atoms with Crippen molar-refractivity contribution >= 4 is 63.4 Å². The summed E-state index contributed by atoms with van der Waals surface area (Å²) in [6, 6.07) is 17.3. The first-order valence-electron chi connectivity index (χ1n) is 15.9. The Kier molecular flexibility index (Phi) is 7.50. The summed E-state index contributed by atoms with van der Waals surface area (Å²) in [6.07, 6.45) is -2.60. The van der Waals surface area contributed by atoms with E-state index in [9.17, 15) is 37.9 Å². The van der Waals surface area contributed by atoms with Crippen molar-refractivity contribution in [3.8, 4) is 5.75 Å². The summed E-state index contributed by atoms with van der Waals surface area (Å²) in [5.41, 5.74) is 0.699. The van der Waals surface area contributed by atoms with Gasteiger partial charge >= 0.3 is 6.18 Å². The molecule has 0 unspecified atom stereocenters. The number of allylic oxidation sites excluding steroid dienone is 2. The second kappa shape index (κ2) is 11.5. The van der Waals surface area contributed by atoms with Crippen LogP contribution < -0.4 is 5.43 Å². The van der Waals surface area contributed by atoms with Gasteiger partial charge in [-0.1, -0.05) is 83.4 Å². The number of carbonyl (C=O) groups excluding carboxylic acids is 4. The zero-order valence-corrected chi connectivity index (χ0v) is 27.6. The first kappa shape index (κ1) is 33.2. The van der Waals surface area contributed by atoms with Gasteiger partial charge < -0.3 is 5.11 Å². The fourth-order valence-electron chi connectivity index (χ4n) is 8.62. The monoisotopic (exact) mass is 736 g/mol. The molecule has 6 atom stereocenters. The Balaban J connectivity index is 1.37. The summed E-state index contributed by atoms with van der Waals surface area (Å²) >= 11 is 12.5. The van der Waals surface area contributed by atoms with E-state index in [0.717, 1.165) is 0 Å². The number of nitrogens with zero attached hydrogens (tertiary/aromatic N) is 3. The van der Waals surface area contributed by atoms with E-state index >= 15 is 4.79 Å². The van der Waals surface area contributed by atoms with Crippen LogP contribution in [0.2, 0.25) is 10.0 Å². The number of alkyl halides is 3. The van der Waals surface area contributed by atoms with Gasteiger partial charge in [0.15, 0.2) is 5.82 Å². The lowest BCUT2D eigenvalue weighted by molar-refractivity contribution is -0.173. The standard InChI is InChI=1S/C36H25Cl2F3N4O6/c37-19-8-6-17(7-9-19)35-25(32(48)44(34(35)50)43-30-26(38)13-18(15-42-30)36(39,40)41)14-24-21(11-12-22-27(24)33(49)45(51)31(22)47)28(35)23-10-5-16-3-1-2-4-20(16)29(23)46/h1-11,13,15,22,24-25,27-28,46,51H,12,14H2,(H,42,43)/t22-,24+,25-,27-,28+,35+/m0/s1. The number of anilines is 1. The number of carbonyl (C=O) groups is 4. The molecule has 8 rings (SSSR count). The average Bonchev–Trinajstić information content (AvgIpc) is 3.46. The van der Waals surface area contributed by atoms with Crippen molar-refractivity contribution in [3.63, 3.8) is 0 Å². The third-order valence-corrected chi connectivity index (χ3v) is 11.3. The molecule has 0 radical (unpaired) electrons. The van der Waals surface area contributed by atoms with Gasteiger partial charge in [-0.15, -0.1) is 0 Å². The summed E-state index contributed by atoms with van der Waals surface area (Å²) in [5.74, 6) is -9.02. The maximum Gasteiger partial charge on any atom is 0.417 e. The molecule has 4 aromatic rings. The fraction of sp³-hybridized carbons (Fsp3) is 0.250. The number of aromatic nitrogens is 1. The molecule has 3 aromatic carbocycles. The molecule has 51 heavy (non-hydrogen) atoms. The number of halogens is 5. The lowest BCUT2D eigenvalue weighted by Crippen LogP contribution is -2.53. The number of hydroxylamine groups is 2. The molecule has 0 bridgehead atoms. The fourth-order valence-corrected chi connectivity index (χ4v) is 8.95. The predicted molar refractivity (Wildman–Crippen MR) is 176 cm³/mol. The lowest BCUT2D eigenvalue weighted by Gasteiger charge is -2.50. The summed E-state index contributed by atoms with van der Waals surface area (Å²) in [5, 5.41) is 24.1. The van der Waals surface area contributed by atoms with E-state index in [4.69, 9.17) is 23.2 Å². The molecule has 260 valence electrons. The van der Waals surface area contributed by atoms with Crippen molar-refractivity contribution in [3.05, 3.63) is 111 Å². The minimum Gasteiger partial charge on any atom is -0.507 e. The summed E-state index contributed by atoms with van der Waals surface area (Å²) in [7, 11) is 0. The molecular weight excluding hydrogens is 712 g/mol. The lowest BCUT2D eigenvalue weighted by atomic mass is 9.49. The molecule has 3 N–H and O–H groups in total. The Hall–Kier alpha value is -4.98. The SMILES string of the molecule is O=C1[C@H]2[C@H](CC=C3[C@H]2C[C@H]2C(=O)N(Nc4ncc(C(F)(F)F)cc4Cl)C(=O)[C@@]2(c2ccc(Cl)cc2)[C@H]3c2ccc3ccccc3c2O)C(=O)N1O. The molecule has 4 amide bonds. The largest absolute Gasteiger partial charge is 0.507 e. The number of fused-ring (bicyclic) bond motifs is 5. The smallest absolute Gasteiger partial charge is 0.417 e. The molecule has 1 aromatic heterocycles. The van der Waals surface area contributed by atoms with Crippen LogP contribution in [-0.4, -0.2) is 49.0 Å². The number of rotatable bonds is 4. The number of phenols is 1. The first-order valence-corrected chi connectivity index (χ1v) is 16.6. The number of hydrogen-bond acceptors (Lipinski definition) is 8. The number of benzene rings is 3. The summed E-state index contributed by atoms with van der Waals surface area (Å²) < 4.78 is 40.2. The summed E-state index contributed by atoms with van der Waals surface area (Å²) in [6.45, 7) is 0. The van der Waals surface area contributed by atoms with E-state index in [1.54, 1.807) is 66.7 Å². The van der Waals surface area contributed by atoms with Gasteiger partial charge in [-0.2, -0.15) is 23.2 Å². The molecule has 4 aliphatic rings. The Labute approximate surface area is 297 Å². The minimum atomic E-state index is -4.76. The third-order valence-electron chi connectivity index (χ3n) is 10.8. The number of nitrogens with one attached hydrogen (secondary N) is 1. The zero-order chi connectivity index (χ0) is 36.1. The molecular formula is C36H25Cl2F3N4O6. The number of aromatic hydroxyl groups is 1. The van der Waals surface area contributed by atoms with E-state index in [1.807, 2.05) is 0 Å². The first-order chi connectivity index (χ1) is 24.2. The van der Waals surface area contributed by atoms with Crippen LogP contribution in [0.1, 0.15) is 35.4 Å². The number of phenolic OH excluding ortho intramolecular Hbond substituents is 1. The molecule has 2 aliphatic heterocycles. The second-order valence-corrected chi connectivity index (χ2v) is 14.0. The number of amides is 4. The molecule has 3 heterocycles. The van der Waals surface area contributed by atoms with Crippen LogP contribution in [-0.2, 0) is 30.8 Å². The number of imide groups is 2. The van der Waals surface area contributed by atoms with Crippen LogP contribution in [0.25, 0.3) is 10.8 Å². The Morgan fingerprint density at radius 3 is 2.35 bits per heavy atom. The maximum atomic E-state index is 15.2. The Morgan fingerprint density at radius 2 is 1.65 bits per heavy atom. The maximum absolute atomic E-state index is 15.2. The number of pyridine rings is 1. The molecule has 0 spiro atoms. The highest BCUT2D eigenvalue weighted by Crippen LogP contribution is 2.65. The zero-order valence-electron chi connectivity index (χ0n) is 26.1. The van der Waals surface area contributed by atoms with Gasteiger partial charge in [0, 0.05) is 28.1 Å². The van der Waals surface area contributed by atoms with Crippen LogP contribution in [0.15, 0.2) is 84.6 Å². The topological polar surface area (TPSA) is 140 Å². The van der Waals surface area contributed by atoms with Gasteiger partial charge in [-0.25, -0.2) is 4.98 Å². The van der Waals surface area contributed by atoms with E-state index in [1.165, 1.54) is 0 Å². The second-order valence-electron chi connectivity index (χ2n) is 13.1. The van der Waals surface area contributed by atoms with Gasteiger partial charge in [-0.3, -0.25) is 29.8 Å². The van der Waals surface area contributed by atoms with E-state index in [2.05, 4.69) is 10.4 Å². The van der Waals surface area contributed by atoms with Crippen molar-refractivity contribution in [2.24, 2.45) is 23.7 Å². The third kappa shape index (κ3) is 4.71. The minimum absolute atomic E-state index is 0.0412. The van der Waals surface area contributed by atoms with Crippen LogP contribution in [0.3, 0.4) is 0 Å². The molecule has 1 saturated carbocycles. The highest BCUT2D eigenvalue weighted by Gasteiger charge is 2.70. The molecule has 15 heteroatoms. The van der Waals surface area contributed by atoms with Crippen LogP contribution >= 0.6 is 23.2 Å². The average molecular weight is 738 g/mol. The van der Waals surface area contributed by atoms with Crippen LogP contribution in [0, 0.1) is 23.7 Å². The van der Waals surface area contributed by atoms with Gasteiger partial charge in [-0.05, 0) is 47.9 Å². The number of hydrazine groups is 1. The van der Waals surface area contributed by atoms with Crippen LogP contribution in [0.5, 0.6) is 5.75 Å². The van der Waals surface area contributed by atoms with E-state index in [0.29, 0.717) is 44.2 Å². The van der Waals surface area contributed by atoms with Gasteiger partial charge in [0.1, 0.15) is 5.75 Å². The van der Waals surface area contributed by atoms with Crippen molar-refractivity contribution in [2.45, 2.75) is 30.4 Å². The van der Waals surface area contributed by atoms with Crippen molar-refractivity contribution in [2.75, 3.05) is 5.43 Å². The van der Waals surface area contributed by atoms with E-state index in [-0.39, 0.29) is 29.2 Å². The van der Waals surface area contributed by atoms with Crippen LogP contribution in [0.4, 0.5) is 19.0 Å². The van der Waals surface area contributed by atoms with E-state index < -0.39 is 81.2 Å². The molecule has 10 nitrogen and oxygen atoms in total. The highest BCUT2D eigenvalue weighted by molar-refractivity contribution is 6.33. The molecule has 2 aliphatic carbocycles.